The Morgan fingerprint density at radius 2 is 1.51 bits per heavy atom. The second kappa shape index (κ2) is 14.1. The number of unbranched alkanes of at least 4 members (excludes halogenated alkanes) is 3. The number of benzene rings is 2. The molecule has 190 valence electrons. The molecule has 1 aliphatic heterocycles. The Hall–Kier alpha value is -2.62. The number of nitrogens with zero attached hydrogens (tertiary/aromatic N) is 2. The molecule has 0 atom stereocenters. The van der Waals surface area contributed by atoms with Crippen molar-refractivity contribution in [2.45, 2.75) is 91.5 Å². The normalized spacial score (nSPS) is 15.3. The second-order valence-electron chi connectivity index (χ2n) is 10.3. The van der Waals surface area contributed by atoms with Crippen LogP contribution in [0.1, 0.15) is 100 Å². The summed E-state index contributed by atoms with van der Waals surface area (Å²) in [4.78, 5) is 30.6. The first-order valence-electron chi connectivity index (χ1n) is 13.8. The van der Waals surface area contributed by atoms with Gasteiger partial charge in [0.05, 0.1) is 0 Å². The molecule has 0 aromatic heterocycles. The number of fused-ring (bicyclic) bond motifs is 1. The maximum atomic E-state index is 13.6. The molecule has 0 radical (unpaired) electrons. The molecule has 1 heterocycles. The number of carbonyl (C=O) groups is 2. The van der Waals surface area contributed by atoms with Crippen molar-refractivity contribution in [3.8, 4) is 0 Å². The monoisotopic (exact) mass is 476 g/mol. The van der Waals surface area contributed by atoms with Crippen molar-refractivity contribution >= 4 is 17.5 Å². The van der Waals surface area contributed by atoms with Crippen molar-refractivity contribution < 1.29 is 9.59 Å². The lowest BCUT2D eigenvalue weighted by atomic mass is 10.0. The van der Waals surface area contributed by atoms with Crippen LogP contribution in [-0.4, -0.2) is 29.8 Å². The SMILES string of the molecule is CCCCCCc1ccc(C(=O)N2CCCCCCCN(C(=O)C(C)C)c3ccccc3C2)cc1. The van der Waals surface area contributed by atoms with E-state index in [4.69, 9.17) is 0 Å². The molecule has 0 bridgehead atoms. The lowest BCUT2D eigenvalue weighted by Crippen LogP contribution is -2.37. The van der Waals surface area contributed by atoms with Gasteiger partial charge in [-0.3, -0.25) is 9.59 Å². The molecule has 1 aliphatic rings. The van der Waals surface area contributed by atoms with Crippen LogP contribution in [0.15, 0.2) is 48.5 Å². The lowest BCUT2D eigenvalue weighted by Gasteiger charge is -2.30. The van der Waals surface area contributed by atoms with E-state index in [-0.39, 0.29) is 17.7 Å². The third-order valence-electron chi connectivity index (χ3n) is 7.02. The minimum absolute atomic E-state index is 0.0609. The number of para-hydroxylation sites is 1. The van der Waals surface area contributed by atoms with Crippen LogP contribution in [0, 0.1) is 5.92 Å². The van der Waals surface area contributed by atoms with Crippen molar-refractivity contribution in [2.75, 3.05) is 18.0 Å². The van der Waals surface area contributed by atoms with Crippen LogP contribution in [0.2, 0.25) is 0 Å². The van der Waals surface area contributed by atoms with Gasteiger partial charge >= 0.3 is 0 Å². The maximum Gasteiger partial charge on any atom is 0.254 e. The standard InChI is InChI=1S/C31H44N2O2/c1-4-5-6-10-15-26-18-20-27(21-19-26)31(35)32-22-13-8-7-9-14-23-33(30(34)25(2)3)29-17-12-11-16-28(29)24-32/h11-12,16-21,25H,4-10,13-15,22-24H2,1-3H3. The largest absolute Gasteiger partial charge is 0.334 e. The molecule has 0 fully saturated rings. The highest BCUT2D eigenvalue weighted by molar-refractivity contribution is 5.96. The molecule has 3 rings (SSSR count). The van der Waals surface area contributed by atoms with Crippen molar-refractivity contribution in [2.24, 2.45) is 5.92 Å². The van der Waals surface area contributed by atoms with Crippen molar-refractivity contribution in [3.63, 3.8) is 0 Å². The quantitative estimate of drug-likeness (QED) is 0.391. The van der Waals surface area contributed by atoms with Crippen LogP contribution in [0.25, 0.3) is 0 Å². The van der Waals surface area contributed by atoms with Gasteiger partial charge in [0.2, 0.25) is 5.91 Å². The van der Waals surface area contributed by atoms with E-state index in [1.165, 1.54) is 31.2 Å². The Kier molecular flexibility index (Phi) is 10.8. The third kappa shape index (κ3) is 7.95. The number of anilines is 1. The van der Waals surface area contributed by atoms with E-state index >= 15 is 0 Å². The van der Waals surface area contributed by atoms with Crippen LogP contribution in [0.4, 0.5) is 5.69 Å². The molecular formula is C31H44N2O2. The Morgan fingerprint density at radius 1 is 0.829 bits per heavy atom. The van der Waals surface area contributed by atoms with Gasteiger partial charge < -0.3 is 9.80 Å². The van der Waals surface area contributed by atoms with Crippen molar-refractivity contribution in [1.29, 1.82) is 0 Å². The van der Waals surface area contributed by atoms with Crippen molar-refractivity contribution in [3.05, 3.63) is 65.2 Å². The molecule has 0 N–H and O–H groups in total. The molecule has 0 saturated carbocycles. The highest BCUT2D eigenvalue weighted by Crippen LogP contribution is 2.26. The van der Waals surface area contributed by atoms with Gasteiger partial charge in [0.1, 0.15) is 0 Å². The first-order chi connectivity index (χ1) is 17.0. The zero-order valence-electron chi connectivity index (χ0n) is 22.1. The Balaban J connectivity index is 1.81. The molecular weight excluding hydrogens is 432 g/mol. The van der Waals surface area contributed by atoms with Crippen molar-refractivity contribution in [1.82, 2.24) is 4.90 Å². The molecule has 2 amide bonds. The van der Waals surface area contributed by atoms with Gasteiger partial charge in [-0.1, -0.05) is 89.6 Å². The fraction of sp³-hybridized carbons (Fsp3) is 0.548. The number of aryl methyl sites for hydroxylation is 1. The summed E-state index contributed by atoms with van der Waals surface area (Å²) in [5.74, 6) is 0.173. The Labute approximate surface area is 212 Å². The first kappa shape index (κ1) is 27.0. The molecule has 0 spiro atoms. The summed E-state index contributed by atoms with van der Waals surface area (Å²) < 4.78 is 0. The lowest BCUT2D eigenvalue weighted by molar-refractivity contribution is -0.121. The first-order valence-corrected chi connectivity index (χ1v) is 13.8. The average molecular weight is 477 g/mol. The fourth-order valence-electron chi connectivity index (χ4n) is 4.88. The number of hydrogen-bond acceptors (Lipinski definition) is 2. The summed E-state index contributed by atoms with van der Waals surface area (Å²) in [5, 5.41) is 0. The summed E-state index contributed by atoms with van der Waals surface area (Å²) in [7, 11) is 0. The summed E-state index contributed by atoms with van der Waals surface area (Å²) in [6.45, 7) is 8.16. The molecule has 2 aromatic carbocycles. The van der Waals surface area contributed by atoms with Crippen LogP contribution in [-0.2, 0) is 17.8 Å². The molecule has 2 aromatic rings. The number of rotatable bonds is 7. The average Bonchev–Trinajstić information content (AvgIpc) is 2.86. The topological polar surface area (TPSA) is 40.6 Å². The van der Waals surface area contributed by atoms with E-state index in [9.17, 15) is 9.59 Å². The second-order valence-corrected chi connectivity index (χ2v) is 10.3. The summed E-state index contributed by atoms with van der Waals surface area (Å²) >= 11 is 0. The van der Waals surface area contributed by atoms with Crippen LogP contribution in [0.3, 0.4) is 0 Å². The highest BCUT2D eigenvalue weighted by Gasteiger charge is 2.24. The maximum absolute atomic E-state index is 13.6. The Morgan fingerprint density at radius 3 is 2.23 bits per heavy atom. The van der Waals surface area contributed by atoms with Gasteiger partial charge in [-0.25, -0.2) is 0 Å². The number of amides is 2. The van der Waals surface area contributed by atoms with Gasteiger partial charge in [0, 0.05) is 36.8 Å². The van der Waals surface area contributed by atoms with E-state index in [0.717, 1.165) is 68.4 Å². The van der Waals surface area contributed by atoms with Gasteiger partial charge in [-0.05, 0) is 55.0 Å². The molecule has 35 heavy (non-hydrogen) atoms. The summed E-state index contributed by atoms with van der Waals surface area (Å²) in [6.07, 6.45) is 11.5. The van der Waals surface area contributed by atoms with Crippen LogP contribution in [0.5, 0.6) is 0 Å². The van der Waals surface area contributed by atoms with Crippen LogP contribution >= 0.6 is 0 Å². The predicted octanol–water partition coefficient (Wildman–Crippen LogP) is 7.40. The minimum atomic E-state index is -0.0609. The predicted molar refractivity (Wildman–Crippen MR) is 146 cm³/mol. The third-order valence-corrected chi connectivity index (χ3v) is 7.02. The Bertz CT molecular complexity index is 935. The van der Waals surface area contributed by atoms with Gasteiger partial charge in [0.25, 0.3) is 5.91 Å². The van der Waals surface area contributed by atoms with Crippen LogP contribution < -0.4 is 4.90 Å². The minimum Gasteiger partial charge on any atom is -0.334 e. The summed E-state index contributed by atoms with van der Waals surface area (Å²) in [5.41, 5.74) is 4.05. The fourth-order valence-corrected chi connectivity index (χ4v) is 4.88. The zero-order valence-corrected chi connectivity index (χ0v) is 22.1. The molecule has 4 heteroatoms. The smallest absolute Gasteiger partial charge is 0.254 e. The van der Waals surface area contributed by atoms with Gasteiger partial charge in [-0.2, -0.15) is 0 Å². The molecule has 0 saturated heterocycles. The van der Waals surface area contributed by atoms with E-state index in [1.807, 2.05) is 54.0 Å². The van der Waals surface area contributed by atoms with E-state index in [1.54, 1.807) is 0 Å². The molecule has 0 unspecified atom stereocenters. The van der Waals surface area contributed by atoms with E-state index in [0.29, 0.717) is 6.54 Å². The molecule has 0 aliphatic carbocycles. The summed E-state index contributed by atoms with van der Waals surface area (Å²) in [6, 6.07) is 16.3. The number of hydrogen-bond donors (Lipinski definition) is 0. The number of carbonyl (C=O) groups excluding carboxylic acids is 2. The van der Waals surface area contributed by atoms with Gasteiger partial charge in [-0.15, -0.1) is 0 Å². The highest BCUT2D eigenvalue weighted by atomic mass is 16.2. The molecule has 4 nitrogen and oxygen atoms in total. The van der Waals surface area contributed by atoms with Gasteiger partial charge in [0.15, 0.2) is 0 Å². The van der Waals surface area contributed by atoms with E-state index in [2.05, 4.69) is 25.1 Å². The van der Waals surface area contributed by atoms with E-state index < -0.39 is 0 Å². The zero-order chi connectivity index (χ0) is 25.0.